The van der Waals surface area contributed by atoms with Crippen molar-refractivity contribution in [3.05, 3.63) is 146 Å². The van der Waals surface area contributed by atoms with Crippen LogP contribution in [0, 0.1) is 0 Å². The number of hydrogen-bond acceptors (Lipinski definition) is 2. The van der Waals surface area contributed by atoms with E-state index in [2.05, 4.69) is 84.9 Å². The zero-order valence-corrected chi connectivity index (χ0v) is 21.7. The van der Waals surface area contributed by atoms with E-state index in [4.69, 9.17) is 9.47 Å². The van der Waals surface area contributed by atoms with Crippen LogP contribution in [0.3, 0.4) is 0 Å². The monoisotopic (exact) mass is 512 g/mol. The molecule has 0 amide bonds. The molecule has 0 fully saturated rings. The van der Waals surface area contributed by atoms with Gasteiger partial charge in [0.15, 0.2) is 0 Å². The lowest BCUT2D eigenvalue weighted by Gasteiger charge is -2.16. The summed E-state index contributed by atoms with van der Waals surface area (Å²) in [6.45, 7) is 0. The van der Waals surface area contributed by atoms with Crippen LogP contribution in [-0.4, -0.2) is 0 Å². The second-order valence-corrected chi connectivity index (χ2v) is 10.1. The van der Waals surface area contributed by atoms with Gasteiger partial charge in [0.25, 0.3) is 0 Å². The Balaban J connectivity index is 1.29. The Bertz CT molecular complexity index is 2010. The average molecular weight is 513 g/mol. The Morgan fingerprint density at radius 1 is 0.325 bits per heavy atom. The number of benzene rings is 7. The van der Waals surface area contributed by atoms with Gasteiger partial charge in [-0.3, -0.25) is 0 Å². The van der Waals surface area contributed by atoms with Crippen LogP contribution in [-0.2, 0) is 0 Å². The summed E-state index contributed by atoms with van der Waals surface area (Å²) >= 11 is 0. The highest BCUT2D eigenvalue weighted by atomic mass is 16.5. The molecule has 2 heteroatoms. The maximum atomic E-state index is 6.22. The Morgan fingerprint density at radius 3 is 1.57 bits per heavy atom. The molecule has 0 aliphatic heterocycles. The Kier molecular flexibility index (Phi) is 5.17. The third kappa shape index (κ3) is 3.65. The zero-order valence-electron chi connectivity index (χ0n) is 21.7. The predicted octanol–water partition coefficient (Wildman–Crippen LogP) is 10.9. The van der Waals surface area contributed by atoms with Gasteiger partial charge < -0.3 is 9.47 Å². The molecule has 0 radical (unpaired) electrons. The van der Waals surface area contributed by atoms with Crippen molar-refractivity contribution >= 4 is 21.5 Å². The van der Waals surface area contributed by atoms with E-state index >= 15 is 0 Å². The zero-order chi connectivity index (χ0) is 26.5. The topological polar surface area (TPSA) is 18.5 Å². The van der Waals surface area contributed by atoms with Crippen molar-refractivity contribution in [2.45, 2.75) is 0 Å². The van der Waals surface area contributed by atoms with Gasteiger partial charge in [-0.15, -0.1) is 0 Å². The number of para-hydroxylation sites is 2. The van der Waals surface area contributed by atoms with Gasteiger partial charge in [0.05, 0.1) is 0 Å². The summed E-state index contributed by atoms with van der Waals surface area (Å²) in [5, 5.41) is 5.06. The molecule has 1 aliphatic rings. The van der Waals surface area contributed by atoms with Crippen LogP contribution in [0.5, 0.6) is 23.0 Å². The van der Waals surface area contributed by atoms with E-state index in [9.17, 15) is 0 Å². The minimum atomic E-state index is 0.823. The van der Waals surface area contributed by atoms with Gasteiger partial charge >= 0.3 is 0 Å². The van der Waals surface area contributed by atoms with Crippen molar-refractivity contribution in [2.24, 2.45) is 0 Å². The van der Waals surface area contributed by atoms with Crippen LogP contribution in [0.4, 0.5) is 0 Å². The normalized spacial score (nSPS) is 11.5. The second-order valence-electron chi connectivity index (χ2n) is 10.1. The highest BCUT2D eigenvalue weighted by molar-refractivity contribution is 6.29. The average Bonchev–Trinajstić information content (AvgIpc) is 3.34. The van der Waals surface area contributed by atoms with Crippen molar-refractivity contribution < 1.29 is 9.47 Å². The first-order valence-electron chi connectivity index (χ1n) is 13.5. The SMILES string of the molecule is c1ccc(Oc2ccc(-c3c4ccccc4c4c5c(cccc35)-c3cc(Oc5ccccc5)ccc3-4)cc2)cc1. The molecule has 0 saturated heterocycles. The summed E-state index contributed by atoms with van der Waals surface area (Å²) in [5.74, 6) is 3.33. The maximum Gasteiger partial charge on any atom is 0.128 e. The maximum absolute atomic E-state index is 6.22. The van der Waals surface area contributed by atoms with E-state index in [-0.39, 0.29) is 0 Å². The minimum Gasteiger partial charge on any atom is -0.457 e. The molecule has 1 aliphatic carbocycles. The van der Waals surface area contributed by atoms with Crippen LogP contribution in [0.25, 0.3) is 54.9 Å². The van der Waals surface area contributed by atoms with Crippen molar-refractivity contribution in [1.82, 2.24) is 0 Å². The first-order chi connectivity index (χ1) is 19.8. The molecule has 0 heterocycles. The third-order valence-electron chi connectivity index (χ3n) is 7.70. The molecular weight excluding hydrogens is 488 g/mol. The van der Waals surface area contributed by atoms with Crippen molar-refractivity contribution in [3.8, 4) is 56.4 Å². The van der Waals surface area contributed by atoms with Crippen LogP contribution in [0.2, 0.25) is 0 Å². The van der Waals surface area contributed by atoms with E-state index in [1.807, 2.05) is 60.7 Å². The number of ether oxygens (including phenoxy) is 2. The lowest BCUT2D eigenvalue weighted by molar-refractivity contribution is 0.482. The lowest BCUT2D eigenvalue weighted by Crippen LogP contribution is -1.89. The summed E-state index contributed by atoms with van der Waals surface area (Å²) in [4.78, 5) is 0. The van der Waals surface area contributed by atoms with E-state index in [0.717, 1.165) is 23.0 Å². The molecule has 0 saturated carbocycles. The van der Waals surface area contributed by atoms with E-state index in [1.54, 1.807) is 0 Å². The molecule has 0 spiro atoms. The molecule has 0 aromatic heterocycles. The minimum absolute atomic E-state index is 0.823. The summed E-state index contributed by atoms with van der Waals surface area (Å²) in [6, 6.07) is 50.2. The summed E-state index contributed by atoms with van der Waals surface area (Å²) < 4.78 is 12.3. The van der Waals surface area contributed by atoms with Crippen molar-refractivity contribution in [2.75, 3.05) is 0 Å². The van der Waals surface area contributed by atoms with Crippen molar-refractivity contribution in [1.29, 1.82) is 0 Å². The van der Waals surface area contributed by atoms with Gasteiger partial charge in [-0.05, 0) is 103 Å². The van der Waals surface area contributed by atoms with Gasteiger partial charge in [0.2, 0.25) is 0 Å². The third-order valence-corrected chi connectivity index (χ3v) is 7.70. The highest BCUT2D eigenvalue weighted by Crippen LogP contribution is 2.54. The fourth-order valence-corrected chi connectivity index (χ4v) is 6.01. The predicted molar refractivity (Wildman–Crippen MR) is 164 cm³/mol. The quantitative estimate of drug-likeness (QED) is 0.214. The molecule has 0 bridgehead atoms. The van der Waals surface area contributed by atoms with E-state index in [1.165, 1.54) is 54.9 Å². The van der Waals surface area contributed by atoms with Crippen LogP contribution in [0.15, 0.2) is 146 Å². The van der Waals surface area contributed by atoms with Crippen molar-refractivity contribution in [3.63, 3.8) is 0 Å². The molecule has 0 atom stereocenters. The molecule has 0 unspecified atom stereocenters. The Hall–Kier alpha value is -5.34. The molecule has 8 rings (SSSR count). The molecule has 0 N–H and O–H groups in total. The molecular formula is C38H24O2. The second kappa shape index (κ2) is 9.14. The largest absolute Gasteiger partial charge is 0.457 e. The number of hydrogen-bond donors (Lipinski definition) is 0. The van der Waals surface area contributed by atoms with Gasteiger partial charge in [-0.1, -0.05) is 97.1 Å². The summed E-state index contributed by atoms with van der Waals surface area (Å²) in [5.41, 5.74) is 7.43. The van der Waals surface area contributed by atoms with Crippen LogP contribution >= 0.6 is 0 Å². The van der Waals surface area contributed by atoms with Gasteiger partial charge in [0.1, 0.15) is 23.0 Å². The van der Waals surface area contributed by atoms with Gasteiger partial charge in [0, 0.05) is 0 Å². The number of rotatable bonds is 5. The smallest absolute Gasteiger partial charge is 0.128 e. The van der Waals surface area contributed by atoms with Crippen LogP contribution < -0.4 is 9.47 Å². The Morgan fingerprint density at radius 2 is 0.875 bits per heavy atom. The summed E-state index contributed by atoms with van der Waals surface area (Å²) in [6.07, 6.45) is 0. The first kappa shape index (κ1) is 22.6. The fourth-order valence-electron chi connectivity index (χ4n) is 6.01. The molecule has 7 aromatic carbocycles. The van der Waals surface area contributed by atoms with Crippen LogP contribution in [0.1, 0.15) is 0 Å². The molecule has 188 valence electrons. The Labute approximate surface area is 232 Å². The van der Waals surface area contributed by atoms with E-state index in [0.29, 0.717) is 0 Å². The van der Waals surface area contributed by atoms with Gasteiger partial charge in [-0.2, -0.15) is 0 Å². The fraction of sp³-hybridized carbons (Fsp3) is 0. The lowest BCUT2D eigenvalue weighted by atomic mass is 9.88. The number of fused-ring (bicyclic) bond motifs is 5. The van der Waals surface area contributed by atoms with Gasteiger partial charge in [-0.25, -0.2) is 0 Å². The standard InChI is InChI=1S/C38H24O2/c1-3-10-26(11-4-1)39-28-20-18-25(19-21-28)36-30-14-7-8-15-31(30)37-33-23-22-29(40-27-12-5-2-6-13-27)24-35(33)32-16-9-17-34(36)38(32)37/h1-24H. The summed E-state index contributed by atoms with van der Waals surface area (Å²) in [7, 11) is 0. The molecule has 40 heavy (non-hydrogen) atoms. The highest BCUT2D eigenvalue weighted by Gasteiger charge is 2.26. The molecule has 2 nitrogen and oxygen atoms in total. The molecule has 7 aromatic rings. The first-order valence-corrected chi connectivity index (χ1v) is 13.5. The van der Waals surface area contributed by atoms with E-state index < -0.39 is 0 Å².